The molecule has 0 radical (unpaired) electrons. The first-order chi connectivity index (χ1) is 14.0. The van der Waals surface area contributed by atoms with Gasteiger partial charge in [0.25, 0.3) is 5.91 Å². The van der Waals surface area contributed by atoms with Crippen molar-refractivity contribution in [2.45, 2.75) is 19.3 Å². The van der Waals surface area contributed by atoms with Crippen LogP contribution in [0.15, 0.2) is 42.5 Å². The SMILES string of the molecule is COc1ccc(CC(=O)OCC(=O)Nc2ccc(N3CCCC3=O)cc2)cc1F. The minimum Gasteiger partial charge on any atom is -0.494 e. The van der Waals surface area contributed by atoms with Gasteiger partial charge in [-0.15, -0.1) is 0 Å². The average molecular weight is 400 g/mol. The zero-order valence-corrected chi connectivity index (χ0v) is 15.9. The van der Waals surface area contributed by atoms with E-state index in [0.29, 0.717) is 24.2 Å². The van der Waals surface area contributed by atoms with Crippen LogP contribution in [0.1, 0.15) is 18.4 Å². The maximum Gasteiger partial charge on any atom is 0.310 e. The lowest BCUT2D eigenvalue weighted by atomic mass is 10.1. The maximum absolute atomic E-state index is 13.6. The molecular formula is C21H21FN2O5. The summed E-state index contributed by atoms with van der Waals surface area (Å²) in [5, 5.41) is 2.62. The molecule has 1 aliphatic rings. The summed E-state index contributed by atoms with van der Waals surface area (Å²) in [7, 11) is 1.35. The topological polar surface area (TPSA) is 84.9 Å². The molecule has 1 saturated heterocycles. The molecular weight excluding hydrogens is 379 g/mol. The summed E-state index contributed by atoms with van der Waals surface area (Å²) in [6, 6.07) is 11.0. The Morgan fingerprint density at radius 1 is 1.17 bits per heavy atom. The summed E-state index contributed by atoms with van der Waals surface area (Å²) in [6.07, 6.45) is 1.23. The average Bonchev–Trinajstić information content (AvgIpc) is 3.13. The first-order valence-electron chi connectivity index (χ1n) is 9.14. The van der Waals surface area contributed by atoms with Crippen molar-refractivity contribution in [2.24, 2.45) is 0 Å². The van der Waals surface area contributed by atoms with Crippen LogP contribution in [-0.4, -0.2) is 38.0 Å². The lowest BCUT2D eigenvalue weighted by Crippen LogP contribution is -2.24. The van der Waals surface area contributed by atoms with Gasteiger partial charge in [0.15, 0.2) is 18.2 Å². The monoisotopic (exact) mass is 400 g/mol. The van der Waals surface area contributed by atoms with Crippen LogP contribution in [0, 0.1) is 5.82 Å². The molecule has 0 atom stereocenters. The smallest absolute Gasteiger partial charge is 0.310 e. The molecule has 0 spiro atoms. The molecule has 0 aliphatic carbocycles. The first-order valence-corrected chi connectivity index (χ1v) is 9.14. The lowest BCUT2D eigenvalue weighted by molar-refractivity contribution is -0.146. The normalized spacial score (nSPS) is 13.3. The fraction of sp³-hybridized carbons (Fsp3) is 0.286. The summed E-state index contributed by atoms with van der Waals surface area (Å²) in [4.78, 5) is 37.3. The van der Waals surface area contributed by atoms with Gasteiger partial charge in [-0.05, 0) is 48.4 Å². The maximum atomic E-state index is 13.6. The van der Waals surface area contributed by atoms with Gasteiger partial charge in [0.05, 0.1) is 13.5 Å². The Morgan fingerprint density at radius 2 is 1.93 bits per heavy atom. The highest BCUT2D eigenvalue weighted by Crippen LogP contribution is 2.23. The zero-order chi connectivity index (χ0) is 20.8. The fourth-order valence-corrected chi connectivity index (χ4v) is 3.03. The van der Waals surface area contributed by atoms with Crippen LogP contribution in [0.5, 0.6) is 5.75 Å². The van der Waals surface area contributed by atoms with E-state index in [2.05, 4.69) is 5.32 Å². The van der Waals surface area contributed by atoms with Crippen LogP contribution in [0.25, 0.3) is 0 Å². The Bertz CT molecular complexity index is 914. The number of nitrogens with one attached hydrogen (secondary N) is 1. The highest BCUT2D eigenvalue weighted by Gasteiger charge is 2.21. The van der Waals surface area contributed by atoms with E-state index in [0.717, 1.165) is 12.1 Å². The predicted octanol–water partition coefficient (Wildman–Crippen LogP) is 2.69. The third-order valence-corrected chi connectivity index (χ3v) is 4.47. The van der Waals surface area contributed by atoms with Gasteiger partial charge in [-0.1, -0.05) is 6.07 Å². The second-order valence-electron chi connectivity index (χ2n) is 6.55. The van der Waals surface area contributed by atoms with Crippen molar-refractivity contribution in [1.82, 2.24) is 0 Å². The third kappa shape index (κ3) is 5.31. The van der Waals surface area contributed by atoms with E-state index in [4.69, 9.17) is 9.47 Å². The highest BCUT2D eigenvalue weighted by molar-refractivity contribution is 5.96. The zero-order valence-electron chi connectivity index (χ0n) is 15.9. The van der Waals surface area contributed by atoms with Crippen molar-refractivity contribution in [1.29, 1.82) is 0 Å². The molecule has 3 rings (SSSR count). The number of methoxy groups -OCH3 is 1. The number of carbonyl (C=O) groups excluding carboxylic acids is 3. The van der Waals surface area contributed by atoms with Crippen molar-refractivity contribution >= 4 is 29.2 Å². The number of ether oxygens (including phenoxy) is 2. The van der Waals surface area contributed by atoms with E-state index in [1.807, 2.05) is 0 Å². The molecule has 1 fully saturated rings. The van der Waals surface area contributed by atoms with Gasteiger partial charge in [-0.3, -0.25) is 14.4 Å². The number of hydrogen-bond donors (Lipinski definition) is 1. The summed E-state index contributed by atoms with van der Waals surface area (Å²) in [6.45, 7) is 0.239. The molecule has 2 aromatic carbocycles. The van der Waals surface area contributed by atoms with Gasteiger partial charge < -0.3 is 19.7 Å². The highest BCUT2D eigenvalue weighted by atomic mass is 19.1. The van der Waals surface area contributed by atoms with E-state index in [9.17, 15) is 18.8 Å². The molecule has 2 aromatic rings. The molecule has 152 valence electrons. The molecule has 0 aromatic heterocycles. The van der Waals surface area contributed by atoms with Crippen LogP contribution in [0.2, 0.25) is 0 Å². The number of hydrogen-bond acceptors (Lipinski definition) is 5. The summed E-state index contributed by atoms with van der Waals surface area (Å²) >= 11 is 0. The molecule has 1 N–H and O–H groups in total. The van der Waals surface area contributed by atoms with Crippen molar-refractivity contribution in [3.63, 3.8) is 0 Å². The Kier molecular flexibility index (Phi) is 6.43. The van der Waals surface area contributed by atoms with E-state index in [-0.39, 0.29) is 18.1 Å². The molecule has 8 heteroatoms. The number of rotatable bonds is 7. The van der Waals surface area contributed by atoms with Gasteiger partial charge in [0.2, 0.25) is 5.91 Å². The van der Waals surface area contributed by atoms with Crippen molar-refractivity contribution in [3.05, 3.63) is 53.8 Å². The minimum absolute atomic E-state index is 0.0848. The Labute approximate surface area is 167 Å². The van der Waals surface area contributed by atoms with Gasteiger partial charge in [0.1, 0.15) is 0 Å². The number of nitrogens with zero attached hydrogens (tertiary/aromatic N) is 1. The number of halogens is 1. The molecule has 0 unspecified atom stereocenters. The Morgan fingerprint density at radius 3 is 2.55 bits per heavy atom. The Hall–Kier alpha value is -3.42. The van der Waals surface area contributed by atoms with Gasteiger partial charge >= 0.3 is 5.97 Å². The van der Waals surface area contributed by atoms with Crippen LogP contribution < -0.4 is 15.0 Å². The molecule has 1 aliphatic heterocycles. The molecule has 1 heterocycles. The summed E-state index contributed by atoms with van der Waals surface area (Å²) < 4.78 is 23.4. The second-order valence-corrected chi connectivity index (χ2v) is 6.55. The van der Waals surface area contributed by atoms with Crippen LogP contribution >= 0.6 is 0 Å². The number of carbonyl (C=O) groups is 3. The molecule has 7 nitrogen and oxygen atoms in total. The number of amides is 2. The first kappa shape index (κ1) is 20.3. The molecule has 29 heavy (non-hydrogen) atoms. The fourth-order valence-electron chi connectivity index (χ4n) is 3.03. The van der Waals surface area contributed by atoms with Crippen LogP contribution in [0.3, 0.4) is 0 Å². The van der Waals surface area contributed by atoms with E-state index in [1.54, 1.807) is 35.2 Å². The van der Waals surface area contributed by atoms with Crippen molar-refractivity contribution in [3.8, 4) is 5.75 Å². The molecule has 0 saturated carbocycles. The minimum atomic E-state index is -0.646. The largest absolute Gasteiger partial charge is 0.494 e. The van der Waals surface area contributed by atoms with Crippen molar-refractivity contribution < 1.29 is 28.2 Å². The van der Waals surface area contributed by atoms with E-state index < -0.39 is 24.3 Å². The van der Waals surface area contributed by atoms with Gasteiger partial charge in [0, 0.05) is 24.3 Å². The van der Waals surface area contributed by atoms with Crippen molar-refractivity contribution in [2.75, 3.05) is 30.5 Å². The number of benzene rings is 2. The third-order valence-electron chi connectivity index (χ3n) is 4.47. The summed E-state index contributed by atoms with van der Waals surface area (Å²) in [5.74, 6) is -1.54. The van der Waals surface area contributed by atoms with Gasteiger partial charge in [-0.25, -0.2) is 4.39 Å². The van der Waals surface area contributed by atoms with E-state index in [1.165, 1.54) is 19.2 Å². The number of anilines is 2. The lowest BCUT2D eigenvalue weighted by Gasteiger charge is -2.16. The van der Waals surface area contributed by atoms with E-state index >= 15 is 0 Å². The summed E-state index contributed by atoms with van der Waals surface area (Å²) in [5.41, 5.74) is 1.73. The number of esters is 1. The van der Waals surface area contributed by atoms with Gasteiger partial charge in [-0.2, -0.15) is 0 Å². The molecule has 0 bridgehead atoms. The molecule has 2 amide bonds. The standard InChI is InChI=1S/C21H21FN2O5/c1-28-18-9-4-14(11-17(18)22)12-21(27)29-13-19(25)23-15-5-7-16(8-6-15)24-10-2-3-20(24)26/h4-9,11H,2-3,10,12-13H2,1H3,(H,23,25). The van der Waals surface area contributed by atoms with Crippen LogP contribution in [-0.2, 0) is 25.5 Å². The van der Waals surface area contributed by atoms with Crippen LogP contribution in [0.4, 0.5) is 15.8 Å². The second kappa shape index (κ2) is 9.18. The quantitative estimate of drug-likeness (QED) is 0.723. The Balaban J connectivity index is 1.46. The predicted molar refractivity (Wildman–Crippen MR) is 104 cm³/mol.